The second-order valence-electron chi connectivity index (χ2n) is 5.52. The van der Waals surface area contributed by atoms with Crippen LogP contribution in [0.5, 0.6) is 28.7 Å². The van der Waals surface area contributed by atoms with E-state index in [1.165, 1.54) is 7.11 Å². The summed E-state index contributed by atoms with van der Waals surface area (Å²) in [6, 6.07) is 9.17. The van der Waals surface area contributed by atoms with Gasteiger partial charge in [-0.15, -0.1) is 0 Å². The topological polar surface area (TPSA) is 63.2 Å². The number of carbonyl (C=O) groups is 1. The van der Waals surface area contributed by atoms with Crippen LogP contribution in [0, 0.1) is 0 Å². The summed E-state index contributed by atoms with van der Waals surface area (Å²) in [6.45, 7) is 0.102. The summed E-state index contributed by atoms with van der Waals surface area (Å²) in [5, 5.41) is 0. The van der Waals surface area contributed by atoms with Gasteiger partial charge in [0.2, 0.25) is 12.5 Å². The zero-order valence-electron chi connectivity index (χ0n) is 13.3. The Morgan fingerprint density at radius 2 is 1.83 bits per heavy atom. The van der Waals surface area contributed by atoms with E-state index in [0.717, 1.165) is 11.3 Å². The van der Waals surface area contributed by atoms with E-state index in [0.29, 0.717) is 28.6 Å². The fraction of sp³-hybridized carbons (Fsp3) is 0.278. The van der Waals surface area contributed by atoms with Gasteiger partial charge in [0, 0.05) is 6.07 Å². The van der Waals surface area contributed by atoms with E-state index in [9.17, 15) is 4.79 Å². The third kappa shape index (κ3) is 2.22. The fourth-order valence-electron chi connectivity index (χ4n) is 3.01. The lowest BCUT2D eigenvalue weighted by molar-refractivity contribution is 0.0844. The summed E-state index contributed by atoms with van der Waals surface area (Å²) in [5.41, 5.74) is 1.32. The zero-order chi connectivity index (χ0) is 16.7. The first-order chi connectivity index (χ1) is 11.7. The maximum Gasteiger partial charge on any atom is 0.231 e. The molecule has 0 bridgehead atoms. The average Bonchev–Trinajstić information content (AvgIpc) is 3.08. The first-order valence-electron chi connectivity index (χ1n) is 7.55. The third-order valence-electron chi connectivity index (χ3n) is 4.19. The number of benzene rings is 2. The maximum absolute atomic E-state index is 12.7. The van der Waals surface area contributed by atoms with Gasteiger partial charge in [0.15, 0.2) is 17.3 Å². The third-order valence-corrected chi connectivity index (χ3v) is 4.19. The highest BCUT2D eigenvalue weighted by Gasteiger charge is 2.35. The van der Waals surface area contributed by atoms with Crippen molar-refractivity contribution >= 4 is 5.78 Å². The highest BCUT2D eigenvalue weighted by molar-refractivity contribution is 6.04. The molecular weight excluding hydrogens is 312 g/mol. The Morgan fingerprint density at radius 1 is 1.04 bits per heavy atom. The largest absolute Gasteiger partial charge is 0.497 e. The molecule has 6 nitrogen and oxygen atoms in total. The Kier molecular flexibility index (Phi) is 3.45. The molecule has 0 unspecified atom stereocenters. The Morgan fingerprint density at radius 3 is 2.54 bits per heavy atom. The Labute approximate surface area is 138 Å². The minimum atomic E-state index is -0.360. The van der Waals surface area contributed by atoms with Crippen LogP contribution in [0.4, 0.5) is 0 Å². The number of methoxy groups -OCH3 is 2. The van der Waals surface area contributed by atoms with Crippen molar-refractivity contribution in [1.29, 1.82) is 0 Å². The van der Waals surface area contributed by atoms with Crippen LogP contribution in [0.15, 0.2) is 30.3 Å². The zero-order valence-corrected chi connectivity index (χ0v) is 13.3. The SMILES string of the molecule is COc1ccc([C@H]2CC(=O)c3c(cc4c(c3OC)OCO4)O2)cc1. The van der Waals surface area contributed by atoms with E-state index in [2.05, 4.69) is 0 Å². The Balaban J connectivity index is 1.73. The van der Waals surface area contributed by atoms with Crippen LogP contribution in [0.3, 0.4) is 0 Å². The molecule has 124 valence electrons. The molecule has 0 saturated heterocycles. The second kappa shape index (κ2) is 5.63. The monoisotopic (exact) mass is 328 g/mol. The lowest BCUT2D eigenvalue weighted by Crippen LogP contribution is -2.21. The number of carbonyl (C=O) groups excluding carboxylic acids is 1. The van der Waals surface area contributed by atoms with Crippen molar-refractivity contribution in [1.82, 2.24) is 0 Å². The quantitative estimate of drug-likeness (QED) is 0.862. The molecule has 0 radical (unpaired) electrons. The number of hydrogen-bond donors (Lipinski definition) is 0. The molecule has 0 aliphatic carbocycles. The normalized spacial score (nSPS) is 17.9. The summed E-state index contributed by atoms with van der Waals surface area (Å²) >= 11 is 0. The Bertz CT molecular complexity index is 796. The predicted molar refractivity (Wildman–Crippen MR) is 84.4 cm³/mol. The maximum atomic E-state index is 12.7. The fourth-order valence-corrected chi connectivity index (χ4v) is 3.01. The molecule has 0 saturated carbocycles. The molecule has 2 aliphatic rings. The minimum absolute atomic E-state index is 0.0489. The molecule has 0 aromatic heterocycles. The van der Waals surface area contributed by atoms with E-state index in [1.54, 1.807) is 13.2 Å². The van der Waals surface area contributed by atoms with Gasteiger partial charge in [0.05, 0.1) is 20.6 Å². The summed E-state index contributed by atoms with van der Waals surface area (Å²) in [6.07, 6.45) is -0.129. The van der Waals surface area contributed by atoms with Crippen LogP contribution in [0.1, 0.15) is 28.4 Å². The van der Waals surface area contributed by atoms with Crippen LogP contribution < -0.4 is 23.7 Å². The van der Waals surface area contributed by atoms with Crippen LogP contribution in [-0.4, -0.2) is 26.8 Å². The molecule has 0 spiro atoms. The van der Waals surface area contributed by atoms with Gasteiger partial charge in [0.25, 0.3) is 0 Å². The van der Waals surface area contributed by atoms with Gasteiger partial charge in [-0.05, 0) is 17.7 Å². The number of ketones is 1. The Hall–Kier alpha value is -2.89. The van der Waals surface area contributed by atoms with Crippen molar-refractivity contribution < 1.29 is 28.5 Å². The highest BCUT2D eigenvalue weighted by Crippen LogP contribution is 2.51. The van der Waals surface area contributed by atoms with Crippen molar-refractivity contribution in [3.05, 3.63) is 41.5 Å². The predicted octanol–water partition coefficient (Wildman–Crippen LogP) is 3.14. The van der Waals surface area contributed by atoms with E-state index in [-0.39, 0.29) is 25.1 Å². The molecule has 2 aromatic carbocycles. The van der Waals surface area contributed by atoms with Gasteiger partial charge in [-0.3, -0.25) is 4.79 Å². The smallest absolute Gasteiger partial charge is 0.231 e. The van der Waals surface area contributed by atoms with Crippen LogP contribution in [-0.2, 0) is 0 Å². The summed E-state index contributed by atoms with van der Waals surface area (Å²) in [4.78, 5) is 12.7. The van der Waals surface area contributed by atoms with Crippen LogP contribution in [0.25, 0.3) is 0 Å². The summed E-state index contributed by atoms with van der Waals surface area (Å²) in [7, 11) is 3.11. The molecule has 4 rings (SSSR count). The average molecular weight is 328 g/mol. The molecule has 6 heteroatoms. The van der Waals surface area contributed by atoms with E-state index in [4.69, 9.17) is 23.7 Å². The van der Waals surface area contributed by atoms with E-state index < -0.39 is 0 Å². The van der Waals surface area contributed by atoms with E-state index >= 15 is 0 Å². The molecule has 2 aliphatic heterocycles. The standard InChI is InChI=1S/C18H16O6/c1-20-11-5-3-10(4-6-11)13-7-12(19)16-14(24-13)8-15-17(18(16)21-2)23-9-22-15/h3-6,8,13H,7,9H2,1-2H3/t13-/m1/s1. The van der Waals surface area contributed by atoms with Gasteiger partial charge in [0.1, 0.15) is 23.2 Å². The van der Waals surface area contributed by atoms with Crippen molar-refractivity contribution in [3.63, 3.8) is 0 Å². The summed E-state index contributed by atoms with van der Waals surface area (Å²) < 4.78 is 27.4. The number of fused-ring (bicyclic) bond motifs is 2. The number of hydrogen-bond acceptors (Lipinski definition) is 6. The molecule has 2 heterocycles. The van der Waals surface area contributed by atoms with Crippen molar-refractivity contribution in [2.45, 2.75) is 12.5 Å². The first kappa shape index (κ1) is 14.7. The van der Waals surface area contributed by atoms with Crippen LogP contribution in [0.2, 0.25) is 0 Å². The second-order valence-corrected chi connectivity index (χ2v) is 5.52. The summed E-state index contributed by atoms with van der Waals surface area (Å²) in [5.74, 6) is 2.51. The van der Waals surface area contributed by atoms with Gasteiger partial charge in [-0.1, -0.05) is 12.1 Å². The molecule has 0 N–H and O–H groups in total. The van der Waals surface area contributed by atoms with Crippen molar-refractivity contribution in [3.8, 4) is 28.7 Å². The van der Waals surface area contributed by atoms with E-state index in [1.807, 2.05) is 24.3 Å². The minimum Gasteiger partial charge on any atom is -0.497 e. The molecule has 24 heavy (non-hydrogen) atoms. The number of Topliss-reactive ketones (excluding diaryl/α,β-unsaturated/α-hetero) is 1. The number of ether oxygens (including phenoxy) is 5. The molecule has 0 amide bonds. The number of rotatable bonds is 3. The lowest BCUT2D eigenvalue weighted by atomic mass is 9.95. The van der Waals surface area contributed by atoms with Gasteiger partial charge in [-0.2, -0.15) is 0 Å². The van der Waals surface area contributed by atoms with Gasteiger partial charge >= 0.3 is 0 Å². The van der Waals surface area contributed by atoms with Gasteiger partial charge in [-0.25, -0.2) is 0 Å². The molecule has 2 aromatic rings. The lowest BCUT2D eigenvalue weighted by Gasteiger charge is -2.27. The van der Waals surface area contributed by atoms with Gasteiger partial charge < -0.3 is 23.7 Å². The van der Waals surface area contributed by atoms with Crippen LogP contribution >= 0.6 is 0 Å². The van der Waals surface area contributed by atoms with Crippen molar-refractivity contribution in [2.75, 3.05) is 21.0 Å². The first-order valence-corrected chi connectivity index (χ1v) is 7.55. The molecule has 0 fully saturated rings. The highest BCUT2D eigenvalue weighted by atomic mass is 16.7. The van der Waals surface area contributed by atoms with Crippen molar-refractivity contribution in [2.24, 2.45) is 0 Å². The molecule has 1 atom stereocenters. The molecular formula is C18H16O6.